The maximum absolute atomic E-state index is 13.5. The van der Waals surface area contributed by atoms with Crippen molar-refractivity contribution >= 4 is 33.8 Å². The fraction of sp³-hybridized carbons (Fsp3) is 0.458. The predicted octanol–water partition coefficient (Wildman–Crippen LogP) is 3.71. The third-order valence-corrected chi connectivity index (χ3v) is 9.45. The molecule has 9 heteroatoms. The minimum atomic E-state index is -3.79. The van der Waals surface area contributed by atoms with Gasteiger partial charge < -0.3 is 9.64 Å². The molecular formula is C24H31ClN2O5S. The number of rotatable bonds is 6. The van der Waals surface area contributed by atoms with Crippen molar-refractivity contribution in [2.45, 2.75) is 47.7 Å². The Balaban J connectivity index is 0.00000306. The van der Waals surface area contributed by atoms with E-state index in [4.69, 9.17) is 9.94 Å². The lowest BCUT2D eigenvalue weighted by Crippen LogP contribution is -2.47. The zero-order valence-electron chi connectivity index (χ0n) is 18.5. The molecule has 2 fully saturated rings. The smallest absolute Gasteiger partial charge is 0.244 e. The van der Waals surface area contributed by atoms with Gasteiger partial charge in [-0.2, -0.15) is 0 Å². The van der Waals surface area contributed by atoms with E-state index in [9.17, 15) is 13.2 Å². The van der Waals surface area contributed by atoms with Crippen molar-refractivity contribution in [3.05, 3.63) is 60.2 Å². The monoisotopic (exact) mass is 494 g/mol. The Morgan fingerprint density at radius 1 is 1.03 bits per heavy atom. The number of hydrogen-bond acceptors (Lipinski definition) is 6. The van der Waals surface area contributed by atoms with Gasteiger partial charge in [0.1, 0.15) is 0 Å². The molecule has 2 aromatic rings. The highest BCUT2D eigenvalue weighted by atomic mass is 35.5. The normalized spacial score (nSPS) is 18.9. The number of ether oxygens (including phenoxy) is 1. The molecule has 0 saturated carbocycles. The van der Waals surface area contributed by atoms with Gasteiger partial charge in [0.2, 0.25) is 5.91 Å². The average molecular weight is 495 g/mol. The Hall–Kier alpha value is -2.13. The molecule has 2 N–H and O–H groups in total. The number of benzene rings is 2. The predicted molar refractivity (Wildman–Crippen MR) is 129 cm³/mol. The number of anilines is 1. The molecule has 2 saturated heterocycles. The van der Waals surface area contributed by atoms with Crippen molar-refractivity contribution in [1.29, 1.82) is 0 Å². The molecule has 0 aromatic heterocycles. The van der Waals surface area contributed by atoms with Crippen LogP contribution in [0.5, 0.6) is 0 Å². The summed E-state index contributed by atoms with van der Waals surface area (Å²) in [5.41, 5.74) is 3.96. The van der Waals surface area contributed by atoms with Crippen LogP contribution in [0.3, 0.4) is 0 Å². The molecule has 0 radical (unpaired) electrons. The average Bonchev–Trinajstić information content (AvgIpc) is 2.85. The summed E-state index contributed by atoms with van der Waals surface area (Å²) < 4.78 is 31.1. The lowest BCUT2D eigenvalue weighted by Gasteiger charge is -2.36. The van der Waals surface area contributed by atoms with Crippen molar-refractivity contribution in [3.8, 4) is 0 Å². The number of carbonyl (C=O) groups is 1. The second-order valence-electron chi connectivity index (χ2n) is 8.68. The highest BCUT2D eigenvalue weighted by Gasteiger charge is 2.47. The van der Waals surface area contributed by atoms with Crippen LogP contribution in [0, 0.1) is 0 Å². The first-order valence-corrected chi connectivity index (χ1v) is 12.6. The summed E-state index contributed by atoms with van der Waals surface area (Å²) in [5.74, 6) is -0.147. The fourth-order valence-corrected chi connectivity index (χ4v) is 6.92. The maximum atomic E-state index is 13.5. The Morgan fingerprint density at radius 3 is 2.21 bits per heavy atom. The van der Waals surface area contributed by atoms with E-state index >= 15 is 0 Å². The molecule has 0 spiro atoms. The summed E-state index contributed by atoms with van der Waals surface area (Å²) >= 11 is 0. The van der Waals surface area contributed by atoms with Crippen molar-refractivity contribution in [1.82, 2.24) is 5.48 Å². The van der Waals surface area contributed by atoms with E-state index in [1.165, 1.54) is 5.56 Å². The summed E-state index contributed by atoms with van der Waals surface area (Å²) in [4.78, 5) is 14.4. The molecule has 2 aliphatic heterocycles. The SMILES string of the molecule is Cl.O=C(CC1(S(=O)(=O)c2ccc(N3CCC(c4ccccc4)CC3)cc2)CCOCC1)NO. The van der Waals surface area contributed by atoms with Crippen LogP contribution < -0.4 is 10.4 Å². The topological polar surface area (TPSA) is 95.9 Å². The molecular weight excluding hydrogens is 464 g/mol. The van der Waals surface area contributed by atoms with Crippen molar-refractivity contribution in [2.75, 3.05) is 31.2 Å². The van der Waals surface area contributed by atoms with E-state index in [1.54, 1.807) is 17.6 Å². The Bertz CT molecular complexity index is 1020. The summed E-state index contributed by atoms with van der Waals surface area (Å²) in [6.07, 6.45) is 2.27. The van der Waals surface area contributed by atoms with Crippen molar-refractivity contribution < 1.29 is 23.2 Å². The van der Waals surface area contributed by atoms with Crippen LogP contribution in [0.15, 0.2) is 59.5 Å². The van der Waals surface area contributed by atoms with Gasteiger partial charge in [-0.3, -0.25) is 10.0 Å². The van der Waals surface area contributed by atoms with Gasteiger partial charge >= 0.3 is 0 Å². The van der Waals surface area contributed by atoms with E-state index < -0.39 is 20.5 Å². The second-order valence-corrected chi connectivity index (χ2v) is 11.0. The molecule has 0 unspecified atom stereocenters. The largest absolute Gasteiger partial charge is 0.381 e. The van der Waals surface area contributed by atoms with Gasteiger partial charge in [0.15, 0.2) is 9.84 Å². The van der Waals surface area contributed by atoms with E-state index in [0.717, 1.165) is 31.6 Å². The number of sulfone groups is 1. The van der Waals surface area contributed by atoms with E-state index in [2.05, 4.69) is 29.2 Å². The van der Waals surface area contributed by atoms with Crippen LogP contribution in [-0.4, -0.2) is 50.6 Å². The zero-order valence-corrected chi connectivity index (χ0v) is 20.1. The number of piperidine rings is 1. The maximum Gasteiger partial charge on any atom is 0.244 e. The summed E-state index contributed by atoms with van der Waals surface area (Å²) in [5, 5.41) is 8.96. The number of nitrogens with one attached hydrogen (secondary N) is 1. The molecule has 7 nitrogen and oxygen atoms in total. The third-order valence-electron chi connectivity index (χ3n) is 6.86. The van der Waals surface area contributed by atoms with Gasteiger partial charge in [-0.25, -0.2) is 13.9 Å². The first-order chi connectivity index (χ1) is 15.4. The second kappa shape index (κ2) is 10.9. The molecule has 2 aromatic carbocycles. The first kappa shape index (κ1) is 25.5. The number of nitrogens with zero attached hydrogens (tertiary/aromatic N) is 1. The minimum absolute atomic E-state index is 0. The van der Waals surface area contributed by atoms with Gasteiger partial charge in [0, 0.05) is 38.4 Å². The number of carbonyl (C=O) groups excluding carboxylic acids is 1. The first-order valence-electron chi connectivity index (χ1n) is 11.1. The molecule has 0 atom stereocenters. The van der Waals surface area contributed by atoms with E-state index in [1.807, 2.05) is 18.2 Å². The number of hydrogen-bond donors (Lipinski definition) is 2. The minimum Gasteiger partial charge on any atom is -0.381 e. The van der Waals surface area contributed by atoms with Crippen LogP contribution in [0.1, 0.15) is 43.6 Å². The van der Waals surface area contributed by atoms with Gasteiger partial charge in [0.25, 0.3) is 0 Å². The Kier molecular flexibility index (Phi) is 8.39. The van der Waals surface area contributed by atoms with Crippen LogP contribution >= 0.6 is 12.4 Å². The number of hydroxylamine groups is 1. The molecule has 33 heavy (non-hydrogen) atoms. The molecule has 4 rings (SSSR count). The van der Waals surface area contributed by atoms with Gasteiger partial charge in [0.05, 0.1) is 9.64 Å². The third kappa shape index (κ3) is 5.35. The standard InChI is InChI=1S/C24H30N2O5S.ClH/c27-23(25-28)18-24(12-16-31-17-13-24)32(29,30)22-8-6-21(7-9-22)26-14-10-20(11-15-26)19-4-2-1-3-5-19;/h1-9,20,28H,10-18H2,(H,25,27);1H. The van der Waals surface area contributed by atoms with E-state index in [-0.39, 0.29) is 49.8 Å². The quantitative estimate of drug-likeness (QED) is 0.469. The summed E-state index contributed by atoms with van der Waals surface area (Å²) in [6, 6.07) is 17.6. The van der Waals surface area contributed by atoms with Crippen LogP contribution in [0.2, 0.25) is 0 Å². The lowest BCUT2D eigenvalue weighted by molar-refractivity contribution is -0.130. The molecule has 180 valence electrons. The lowest BCUT2D eigenvalue weighted by atomic mass is 9.89. The van der Waals surface area contributed by atoms with Crippen LogP contribution in [0.4, 0.5) is 5.69 Å². The molecule has 2 heterocycles. The van der Waals surface area contributed by atoms with E-state index in [0.29, 0.717) is 5.92 Å². The number of halogens is 1. The fourth-order valence-electron chi connectivity index (χ4n) is 4.90. The Labute approximate surface area is 201 Å². The highest BCUT2D eigenvalue weighted by Crippen LogP contribution is 2.38. The van der Waals surface area contributed by atoms with Crippen molar-refractivity contribution in [2.24, 2.45) is 0 Å². The van der Waals surface area contributed by atoms with Gasteiger partial charge in [-0.05, 0) is 61.4 Å². The summed E-state index contributed by atoms with van der Waals surface area (Å²) in [6.45, 7) is 2.38. The molecule has 0 bridgehead atoms. The highest BCUT2D eigenvalue weighted by molar-refractivity contribution is 7.92. The van der Waals surface area contributed by atoms with Gasteiger partial charge in [-0.1, -0.05) is 30.3 Å². The zero-order chi connectivity index (χ0) is 22.6. The molecule has 2 aliphatic rings. The molecule has 1 amide bonds. The van der Waals surface area contributed by atoms with Gasteiger partial charge in [-0.15, -0.1) is 12.4 Å². The van der Waals surface area contributed by atoms with Crippen LogP contribution in [0.25, 0.3) is 0 Å². The molecule has 0 aliphatic carbocycles. The van der Waals surface area contributed by atoms with Crippen molar-refractivity contribution in [3.63, 3.8) is 0 Å². The Morgan fingerprint density at radius 2 is 1.64 bits per heavy atom. The summed E-state index contributed by atoms with van der Waals surface area (Å²) in [7, 11) is -3.79. The number of amides is 1. The van der Waals surface area contributed by atoms with Crippen LogP contribution in [-0.2, 0) is 19.4 Å².